The minimum absolute atomic E-state index is 0.309. The van der Waals surface area contributed by atoms with Crippen molar-refractivity contribution in [3.05, 3.63) is 48.5 Å². The van der Waals surface area contributed by atoms with Crippen LogP contribution in [0.15, 0.2) is 43.0 Å². The van der Waals surface area contributed by atoms with Crippen LogP contribution >= 0.6 is 0 Å². The lowest BCUT2D eigenvalue weighted by Gasteiger charge is -2.25. The van der Waals surface area contributed by atoms with Crippen molar-refractivity contribution in [2.24, 2.45) is 0 Å². The van der Waals surface area contributed by atoms with E-state index in [0.717, 1.165) is 45.5 Å². The highest BCUT2D eigenvalue weighted by Crippen LogP contribution is 2.36. The van der Waals surface area contributed by atoms with Crippen LogP contribution in [0.4, 0.5) is 17.3 Å². The Morgan fingerprint density at radius 2 is 2.10 bits per heavy atom. The lowest BCUT2D eigenvalue weighted by atomic mass is 10.00. The van der Waals surface area contributed by atoms with E-state index < -0.39 is 0 Å². The number of hydrogen-bond acceptors (Lipinski definition) is 8. The molecule has 1 aromatic carbocycles. The summed E-state index contributed by atoms with van der Waals surface area (Å²) >= 11 is 0. The van der Waals surface area contributed by atoms with E-state index in [-0.39, 0.29) is 0 Å². The number of aromatic nitrogens is 5. The molecule has 9 nitrogen and oxygen atoms in total. The fourth-order valence-corrected chi connectivity index (χ4v) is 3.87. The van der Waals surface area contributed by atoms with E-state index in [9.17, 15) is 0 Å². The molecule has 0 bridgehead atoms. The summed E-state index contributed by atoms with van der Waals surface area (Å²) in [5, 5.41) is 12.0. The van der Waals surface area contributed by atoms with Crippen molar-refractivity contribution in [1.29, 1.82) is 0 Å². The first-order valence-electron chi connectivity index (χ1n) is 10.3. The van der Waals surface area contributed by atoms with Gasteiger partial charge in [0.15, 0.2) is 0 Å². The van der Waals surface area contributed by atoms with Crippen LogP contribution < -0.4 is 15.4 Å². The molecule has 31 heavy (non-hydrogen) atoms. The summed E-state index contributed by atoms with van der Waals surface area (Å²) < 4.78 is 12.8. The number of nitrogens with zero attached hydrogens (tertiary/aromatic N) is 5. The van der Waals surface area contributed by atoms with Crippen molar-refractivity contribution in [3.63, 3.8) is 0 Å². The Labute approximate surface area is 178 Å². The number of pyridine rings is 1. The second kappa shape index (κ2) is 7.21. The van der Waals surface area contributed by atoms with Gasteiger partial charge in [-0.25, -0.2) is 15.0 Å². The molecule has 9 heteroatoms. The highest BCUT2D eigenvalue weighted by molar-refractivity contribution is 5.86. The van der Waals surface area contributed by atoms with Crippen LogP contribution in [-0.4, -0.2) is 51.1 Å². The van der Waals surface area contributed by atoms with Crippen molar-refractivity contribution in [2.45, 2.75) is 13.0 Å². The van der Waals surface area contributed by atoms with Crippen molar-refractivity contribution < 1.29 is 9.47 Å². The third-order valence-corrected chi connectivity index (χ3v) is 5.69. The van der Waals surface area contributed by atoms with Crippen LogP contribution in [0.1, 0.15) is 11.6 Å². The molecule has 0 spiro atoms. The van der Waals surface area contributed by atoms with Gasteiger partial charge < -0.3 is 20.1 Å². The molecule has 2 N–H and O–H groups in total. The zero-order valence-corrected chi connectivity index (χ0v) is 17.0. The molecule has 0 radical (unpaired) electrons. The van der Waals surface area contributed by atoms with E-state index in [1.165, 1.54) is 0 Å². The molecule has 1 fully saturated rings. The summed E-state index contributed by atoms with van der Waals surface area (Å²) in [7, 11) is 0. The molecule has 0 amide bonds. The molecule has 0 saturated carbocycles. The summed E-state index contributed by atoms with van der Waals surface area (Å²) in [6.07, 6.45) is 7.42. The SMILES string of the molecule is Cc1c(-c2ccc3cnc(Nc4cnn(C5COC5)c4)nc3c2)cnc2c1NCCO2. The second-order valence-electron chi connectivity index (χ2n) is 7.74. The summed E-state index contributed by atoms with van der Waals surface area (Å²) in [6, 6.07) is 6.48. The van der Waals surface area contributed by atoms with Crippen LogP contribution in [0.3, 0.4) is 0 Å². The Bertz CT molecular complexity index is 1280. The first-order chi connectivity index (χ1) is 15.2. The first-order valence-corrected chi connectivity index (χ1v) is 10.3. The predicted octanol–water partition coefficient (Wildman–Crippen LogP) is 3.32. The van der Waals surface area contributed by atoms with Crippen molar-refractivity contribution >= 4 is 28.2 Å². The van der Waals surface area contributed by atoms with E-state index in [2.05, 4.69) is 44.8 Å². The molecule has 0 aliphatic carbocycles. The average molecular weight is 415 g/mol. The Hall–Kier alpha value is -3.72. The summed E-state index contributed by atoms with van der Waals surface area (Å²) in [4.78, 5) is 13.7. The molecule has 0 atom stereocenters. The van der Waals surface area contributed by atoms with Gasteiger partial charge in [0.05, 0.1) is 36.7 Å². The largest absolute Gasteiger partial charge is 0.474 e. The number of ether oxygens (including phenoxy) is 2. The first kappa shape index (κ1) is 18.1. The number of benzene rings is 1. The minimum Gasteiger partial charge on any atom is -0.474 e. The van der Waals surface area contributed by atoms with Gasteiger partial charge >= 0.3 is 0 Å². The quantitative estimate of drug-likeness (QED) is 0.524. The van der Waals surface area contributed by atoms with E-state index in [1.807, 2.05) is 29.3 Å². The Balaban J connectivity index is 1.32. The van der Waals surface area contributed by atoms with Gasteiger partial charge in [-0.1, -0.05) is 12.1 Å². The van der Waals surface area contributed by atoms with Crippen LogP contribution in [-0.2, 0) is 4.74 Å². The number of hydrogen-bond donors (Lipinski definition) is 2. The molecule has 5 heterocycles. The van der Waals surface area contributed by atoms with Gasteiger partial charge in [0.25, 0.3) is 0 Å². The van der Waals surface area contributed by atoms with Gasteiger partial charge in [-0.15, -0.1) is 0 Å². The third-order valence-electron chi connectivity index (χ3n) is 5.69. The Morgan fingerprint density at radius 3 is 2.97 bits per heavy atom. The maximum atomic E-state index is 5.65. The van der Waals surface area contributed by atoms with E-state index in [0.29, 0.717) is 37.7 Å². The number of fused-ring (bicyclic) bond motifs is 2. The Morgan fingerprint density at radius 1 is 1.16 bits per heavy atom. The molecule has 156 valence electrons. The minimum atomic E-state index is 0.309. The van der Waals surface area contributed by atoms with E-state index in [4.69, 9.17) is 14.5 Å². The zero-order valence-electron chi connectivity index (χ0n) is 17.0. The van der Waals surface area contributed by atoms with Crippen LogP contribution in [0.5, 0.6) is 5.88 Å². The molecule has 3 aromatic heterocycles. The van der Waals surface area contributed by atoms with Crippen LogP contribution in [0.2, 0.25) is 0 Å². The zero-order chi connectivity index (χ0) is 20.8. The van der Waals surface area contributed by atoms with Gasteiger partial charge in [0.1, 0.15) is 12.3 Å². The average Bonchev–Trinajstić information content (AvgIpc) is 3.20. The predicted molar refractivity (Wildman–Crippen MR) is 117 cm³/mol. The normalized spacial score (nSPS) is 15.6. The summed E-state index contributed by atoms with van der Waals surface area (Å²) in [5.41, 5.74) is 5.89. The molecule has 2 aliphatic heterocycles. The second-order valence-corrected chi connectivity index (χ2v) is 7.74. The van der Waals surface area contributed by atoms with Crippen LogP contribution in [0.25, 0.3) is 22.0 Å². The van der Waals surface area contributed by atoms with Gasteiger partial charge in [0, 0.05) is 36.1 Å². The fourth-order valence-electron chi connectivity index (χ4n) is 3.87. The lowest BCUT2D eigenvalue weighted by Crippen LogP contribution is -2.30. The molecule has 0 unspecified atom stereocenters. The molecule has 1 saturated heterocycles. The molecule has 6 rings (SSSR count). The Kier molecular flexibility index (Phi) is 4.20. The summed E-state index contributed by atoms with van der Waals surface area (Å²) in [5.74, 6) is 1.19. The monoisotopic (exact) mass is 415 g/mol. The van der Waals surface area contributed by atoms with Crippen LogP contribution in [0, 0.1) is 6.92 Å². The maximum absolute atomic E-state index is 5.65. The number of nitrogens with one attached hydrogen (secondary N) is 2. The van der Waals surface area contributed by atoms with Crippen molar-refractivity contribution in [3.8, 4) is 17.0 Å². The van der Waals surface area contributed by atoms with E-state index in [1.54, 1.807) is 6.20 Å². The fraction of sp³-hybridized carbons (Fsp3) is 0.273. The standard InChI is InChI=1S/C22H21N7O2/c1-13-18(9-24-21-20(13)23-4-5-31-21)14-2-3-15-7-25-22(28-19(15)6-14)27-16-8-26-29(10-16)17-11-30-12-17/h2-3,6-10,17,23H,4-5,11-12H2,1H3,(H,25,27,28). The van der Waals surface area contributed by atoms with Gasteiger partial charge in [0.2, 0.25) is 11.8 Å². The lowest BCUT2D eigenvalue weighted by molar-refractivity contribution is -0.0286. The smallest absolute Gasteiger partial charge is 0.237 e. The van der Waals surface area contributed by atoms with Gasteiger partial charge in [-0.2, -0.15) is 5.10 Å². The number of anilines is 3. The van der Waals surface area contributed by atoms with Crippen molar-refractivity contribution in [1.82, 2.24) is 24.7 Å². The number of rotatable bonds is 4. The molecule has 4 aromatic rings. The topological polar surface area (TPSA) is 99.0 Å². The van der Waals surface area contributed by atoms with Crippen molar-refractivity contribution in [2.75, 3.05) is 37.0 Å². The third kappa shape index (κ3) is 3.23. The summed E-state index contributed by atoms with van der Waals surface area (Å²) in [6.45, 7) is 4.90. The molecule has 2 aliphatic rings. The maximum Gasteiger partial charge on any atom is 0.237 e. The highest BCUT2D eigenvalue weighted by atomic mass is 16.5. The molecular weight excluding hydrogens is 394 g/mol. The van der Waals surface area contributed by atoms with E-state index >= 15 is 0 Å². The molecular formula is C22H21N7O2. The van der Waals surface area contributed by atoms with Gasteiger partial charge in [-0.05, 0) is 24.1 Å². The van der Waals surface area contributed by atoms with Gasteiger partial charge in [-0.3, -0.25) is 4.68 Å². The highest BCUT2D eigenvalue weighted by Gasteiger charge is 2.21.